The normalized spacial score (nSPS) is 17.5. The van der Waals surface area contributed by atoms with Gasteiger partial charge in [0.15, 0.2) is 0 Å². The highest BCUT2D eigenvalue weighted by Crippen LogP contribution is 2.32. The van der Waals surface area contributed by atoms with Crippen LogP contribution in [0.1, 0.15) is 27.2 Å². The molecule has 0 N–H and O–H groups in total. The molecule has 0 aliphatic carbocycles. The van der Waals surface area contributed by atoms with E-state index in [1.807, 2.05) is 26.0 Å². The van der Waals surface area contributed by atoms with Gasteiger partial charge in [-0.3, -0.25) is 0 Å². The number of rotatable bonds is 6. The van der Waals surface area contributed by atoms with Gasteiger partial charge in [0.1, 0.15) is 0 Å². The van der Waals surface area contributed by atoms with Crippen LogP contribution < -0.4 is 0 Å². The van der Waals surface area contributed by atoms with Crippen molar-refractivity contribution >= 4 is 9.24 Å². The Morgan fingerprint density at radius 2 is 2.00 bits per heavy atom. The third-order valence-corrected chi connectivity index (χ3v) is 3.22. The maximum absolute atomic E-state index is 12.8. The first kappa shape index (κ1) is 15.5. The Bertz CT molecular complexity index is 274. The molecule has 3 atom stereocenters. The van der Waals surface area contributed by atoms with Crippen molar-refractivity contribution in [2.24, 2.45) is 11.8 Å². The first-order valence-electron chi connectivity index (χ1n) is 5.43. The summed E-state index contributed by atoms with van der Waals surface area (Å²) in [5.41, 5.74) is -1.53. The van der Waals surface area contributed by atoms with Gasteiger partial charge in [-0.2, -0.15) is 0 Å². The predicted molar refractivity (Wildman–Crippen MR) is 70.7 cm³/mol. The summed E-state index contributed by atoms with van der Waals surface area (Å²) in [5, 5.41) is 0. The predicted octanol–water partition coefficient (Wildman–Crippen LogP) is 4.81. The van der Waals surface area contributed by atoms with E-state index in [4.69, 9.17) is 0 Å². The highest BCUT2D eigenvalue weighted by molar-refractivity contribution is 7.18. The minimum absolute atomic E-state index is 0.293. The van der Waals surface area contributed by atoms with Gasteiger partial charge in [-0.05, 0) is 19.3 Å². The summed E-state index contributed by atoms with van der Waals surface area (Å²) in [6, 6.07) is 0. The van der Waals surface area contributed by atoms with E-state index in [1.54, 1.807) is 21.4 Å². The van der Waals surface area contributed by atoms with Crippen molar-refractivity contribution in [1.29, 1.82) is 0 Å². The van der Waals surface area contributed by atoms with E-state index < -0.39 is 11.6 Å². The molecule has 0 aromatic heterocycles. The van der Waals surface area contributed by atoms with Crippen LogP contribution in [0.5, 0.6) is 0 Å². The van der Waals surface area contributed by atoms with Crippen LogP contribution in [0.2, 0.25) is 0 Å². The lowest BCUT2D eigenvalue weighted by atomic mass is 9.97. The fourth-order valence-electron chi connectivity index (χ4n) is 1.25. The van der Waals surface area contributed by atoms with Crippen molar-refractivity contribution < 1.29 is 8.78 Å². The fraction of sp³-hybridized carbons (Fsp3) is 0.538. The molecule has 0 aliphatic rings. The summed E-state index contributed by atoms with van der Waals surface area (Å²) in [4.78, 5) is 0. The van der Waals surface area contributed by atoms with Gasteiger partial charge in [0.2, 0.25) is 0 Å². The van der Waals surface area contributed by atoms with E-state index in [0.717, 1.165) is 0 Å². The van der Waals surface area contributed by atoms with Crippen LogP contribution in [-0.2, 0) is 0 Å². The van der Waals surface area contributed by atoms with Crippen LogP contribution in [0.25, 0.3) is 0 Å². The molecule has 0 saturated heterocycles. The van der Waals surface area contributed by atoms with Gasteiger partial charge in [0.05, 0.1) is 0 Å². The summed E-state index contributed by atoms with van der Waals surface area (Å²) in [6.07, 6.45) is 7.94. The van der Waals surface area contributed by atoms with E-state index in [-0.39, 0.29) is 0 Å². The second kappa shape index (κ2) is 6.96. The third-order valence-electron chi connectivity index (χ3n) is 2.69. The standard InChI is InChI=1S/C13H21F2P/c1-5-10(3)12(6-2)9-7-8-11(4)13(14,15)16/h5-8,10-11H,1,9,16H2,2-4H3/b8-7-,12-6+. The van der Waals surface area contributed by atoms with Gasteiger partial charge >= 0.3 is 0 Å². The van der Waals surface area contributed by atoms with E-state index in [2.05, 4.69) is 6.58 Å². The molecular formula is C13H21F2P. The Labute approximate surface area is 99.7 Å². The third kappa shape index (κ3) is 5.55. The molecular weight excluding hydrogens is 225 g/mol. The number of halogens is 2. The first-order valence-corrected chi connectivity index (χ1v) is 6.01. The quantitative estimate of drug-likeness (QED) is 0.466. The molecule has 0 radical (unpaired) electrons. The Balaban J connectivity index is 4.34. The summed E-state index contributed by atoms with van der Waals surface area (Å²) in [7, 11) is 1.57. The van der Waals surface area contributed by atoms with Crippen molar-refractivity contribution in [3.63, 3.8) is 0 Å². The Morgan fingerprint density at radius 1 is 1.44 bits per heavy atom. The zero-order valence-corrected chi connectivity index (χ0v) is 11.4. The molecule has 0 heterocycles. The molecule has 92 valence electrons. The largest absolute Gasteiger partial charge is 0.264 e. The van der Waals surface area contributed by atoms with Crippen molar-refractivity contribution in [2.45, 2.75) is 32.9 Å². The van der Waals surface area contributed by atoms with Crippen LogP contribution in [0.4, 0.5) is 8.78 Å². The van der Waals surface area contributed by atoms with Crippen LogP contribution >= 0.6 is 9.24 Å². The van der Waals surface area contributed by atoms with Crippen LogP contribution in [0.3, 0.4) is 0 Å². The lowest BCUT2D eigenvalue weighted by Crippen LogP contribution is -2.14. The van der Waals surface area contributed by atoms with Crippen molar-refractivity contribution in [1.82, 2.24) is 0 Å². The molecule has 16 heavy (non-hydrogen) atoms. The zero-order chi connectivity index (χ0) is 12.8. The molecule has 0 aliphatic heterocycles. The molecule has 0 fully saturated rings. The highest BCUT2D eigenvalue weighted by atomic mass is 31.0. The van der Waals surface area contributed by atoms with E-state index in [9.17, 15) is 8.78 Å². The van der Waals surface area contributed by atoms with Crippen LogP contribution in [0, 0.1) is 11.8 Å². The zero-order valence-electron chi connectivity index (χ0n) is 10.2. The lowest BCUT2D eigenvalue weighted by Gasteiger charge is -2.15. The first-order chi connectivity index (χ1) is 7.32. The number of hydrogen-bond donors (Lipinski definition) is 0. The minimum atomic E-state index is -2.73. The summed E-state index contributed by atoms with van der Waals surface area (Å²) >= 11 is 0. The molecule has 0 aromatic rings. The lowest BCUT2D eigenvalue weighted by molar-refractivity contribution is 0.0655. The fourth-order valence-corrected chi connectivity index (χ4v) is 1.37. The van der Waals surface area contributed by atoms with Gasteiger partial charge in [-0.25, -0.2) is 8.78 Å². The number of alkyl halides is 2. The molecule has 0 spiro atoms. The number of hydrogen-bond acceptors (Lipinski definition) is 0. The molecule has 0 rings (SSSR count). The van der Waals surface area contributed by atoms with Crippen LogP contribution in [-0.4, -0.2) is 5.66 Å². The number of allylic oxidation sites excluding steroid dienone is 5. The highest BCUT2D eigenvalue weighted by Gasteiger charge is 2.27. The summed E-state index contributed by atoms with van der Waals surface area (Å²) in [6.45, 7) is 9.23. The molecule has 0 amide bonds. The molecule has 3 unspecified atom stereocenters. The SMILES string of the molecule is C=CC(C)/C(=C/C)C/C=C\C(C)C(F)(F)P. The van der Waals surface area contributed by atoms with Gasteiger partial charge in [-0.1, -0.05) is 53.0 Å². The minimum Gasteiger partial charge on any atom is -0.202 e. The summed E-state index contributed by atoms with van der Waals surface area (Å²) in [5.74, 6) is -0.462. The van der Waals surface area contributed by atoms with Crippen molar-refractivity contribution in [2.75, 3.05) is 0 Å². The van der Waals surface area contributed by atoms with Crippen molar-refractivity contribution in [3.05, 3.63) is 36.5 Å². The topological polar surface area (TPSA) is 0 Å². The maximum atomic E-state index is 12.8. The maximum Gasteiger partial charge on any atom is 0.264 e. The van der Waals surface area contributed by atoms with Gasteiger partial charge in [-0.15, -0.1) is 6.58 Å². The smallest absolute Gasteiger partial charge is 0.202 e. The van der Waals surface area contributed by atoms with E-state index in [1.165, 1.54) is 12.5 Å². The Kier molecular flexibility index (Phi) is 6.74. The van der Waals surface area contributed by atoms with Gasteiger partial charge in [0, 0.05) is 5.92 Å². The second-order valence-electron chi connectivity index (χ2n) is 3.98. The van der Waals surface area contributed by atoms with Gasteiger partial charge in [0.25, 0.3) is 5.66 Å². The molecule has 0 bridgehead atoms. The molecule has 3 heteroatoms. The average molecular weight is 246 g/mol. The monoisotopic (exact) mass is 246 g/mol. The van der Waals surface area contributed by atoms with E-state index in [0.29, 0.717) is 12.3 Å². The van der Waals surface area contributed by atoms with Gasteiger partial charge < -0.3 is 0 Å². The Morgan fingerprint density at radius 3 is 2.38 bits per heavy atom. The van der Waals surface area contributed by atoms with Crippen LogP contribution in [0.15, 0.2) is 36.5 Å². The molecule has 0 nitrogen and oxygen atoms in total. The second-order valence-corrected chi connectivity index (χ2v) is 4.75. The van der Waals surface area contributed by atoms with E-state index >= 15 is 0 Å². The molecule has 0 aromatic carbocycles. The van der Waals surface area contributed by atoms with Crippen molar-refractivity contribution in [3.8, 4) is 0 Å². The Hall–Kier alpha value is -0.490. The summed E-state index contributed by atoms with van der Waals surface area (Å²) < 4.78 is 25.7. The average Bonchev–Trinajstić information content (AvgIpc) is 2.21. The molecule has 0 saturated carbocycles.